The number of aryl methyl sites for hydroxylation is 2. The quantitative estimate of drug-likeness (QED) is 0.595. The van der Waals surface area contributed by atoms with Gasteiger partial charge in [0.25, 0.3) is 0 Å². The molecule has 1 saturated heterocycles. The van der Waals surface area contributed by atoms with Crippen molar-refractivity contribution in [3.8, 4) is 0 Å². The summed E-state index contributed by atoms with van der Waals surface area (Å²) >= 11 is 0. The number of piperazine rings is 1. The molecule has 6 nitrogen and oxygen atoms in total. The Labute approximate surface area is 189 Å². The second-order valence-corrected chi connectivity index (χ2v) is 8.34. The molecule has 0 unspecified atom stereocenters. The van der Waals surface area contributed by atoms with Gasteiger partial charge in [0.1, 0.15) is 0 Å². The maximum atomic E-state index is 12.5. The van der Waals surface area contributed by atoms with Gasteiger partial charge in [-0.3, -0.25) is 19.2 Å². The Morgan fingerprint density at radius 3 is 1.19 bits per heavy atom. The Kier molecular flexibility index (Phi) is 7.92. The number of hydrogen-bond donors (Lipinski definition) is 0. The molecule has 0 radical (unpaired) electrons. The van der Waals surface area contributed by atoms with E-state index in [1.807, 2.05) is 38.1 Å². The first-order chi connectivity index (χ1) is 15.3. The van der Waals surface area contributed by atoms with Gasteiger partial charge >= 0.3 is 0 Å². The van der Waals surface area contributed by atoms with Gasteiger partial charge in [-0.15, -0.1) is 0 Å². The molecule has 32 heavy (non-hydrogen) atoms. The highest BCUT2D eigenvalue weighted by Gasteiger charge is 2.24. The lowest BCUT2D eigenvalue weighted by atomic mass is 10.0. The number of carbonyl (C=O) groups excluding carboxylic acids is 4. The SMILES string of the molecule is Cc1ccc(C(=O)CCC(=O)N2CCN(C(=O)CCC(=O)c3ccc(C)cc3)CC2)cc1. The van der Waals surface area contributed by atoms with Crippen LogP contribution in [0.2, 0.25) is 0 Å². The van der Waals surface area contributed by atoms with Gasteiger partial charge in [0.15, 0.2) is 11.6 Å². The predicted octanol–water partition coefficient (Wildman–Crippen LogP) is 3.60. The van der Waals surface area contributed by atoms with Gasteiger partial charge in [0.05, 0.1) is 0 Å². The number of hydrogen-bond acceptors (Lipinski definition) is 4. The molecule has 2 aromatic carbocycles. The van der Waals surface area contributed by atoms with Crippen LogP contribution in [0, 0.1) is 13.8 Å². The van der Waals surface area contributed by atoms with Crippen molar-refractivity contribution in [2.24, 2.45) is 0 Å². The summed E-state index contributed by atoms with van der Waals surface area (Å²) in [5, 5.41) is 0. The maximum Gasteiger partial charge on any atom is 0.223 e. The van der Waals surface area contributed by atoms with E-state index in [1.165, 1.54) is 0 Å². The smallest absolute Gasteiger partial charge is 0.223 e. The topological polar surface area (TPSA) is 74.8 Å². The Morgan fingerprint density at radius 1 is 0.562 bits per heavy atom. The summed E-state index contributed by atoms with van der Waals surface area (Å²) in [6, 6.07) is 14.7. The van der Waals surface area contributed by atoms with Crippen LogP contribution in [0.5, 0.6) is 0 Å². The molecule has 168 valence electrons. The summed E-state index contributed by atoms with van der Waals surface area (Å²) in [7, 11) is 0. The van der Waals surface area contributed by atoms with E-state index in [1.54, 1.807) is 34.1 Å². The van der Waals surface area contributed by atoms with Crippen molar-refractivity contribution in [2.45, 2.75) is 39.5 Å². The molecule has 1 heterocycles. The average molecular weight is 435 g/mol. The highest BCUT2D eigenvalue weighted by atomic mass is 16.2. The zero-order valence-electron chi connectivity index (χ0n) is 18.8. The van der Waals surface area contributed by atoms with Gasteiger partial charge in [-0.25, -0.2) is 0 Å². The summed E-state index contributed by atoms with van der Waals surface area (Å²) in [6.07, 6.45) is 0.710. The van der Waals surface area contributed by atoms with E-state index in [0.717, 1.165) is 11.1 Å². The monoisotopic (exact) mass is 434 g/mol. The molecule has 0 aliphatic carbocycles. The lowest BCUT2D eigenvalue weighted by Gasteiger charge is -2.35. The minimum Gasteiger partial charge on any atom is -0.339 e. The molecule has 0 saturated carbocycles. The van der Waals surface area contributed by atoms with Crippen molar-refractivity contribution in [2.75, 3.05) is 26.2 Å². The van der Waals surface area contributed by atoms with Crippen LogP contribution < -0.4 is 0 Å². The van der Waals surface area contributed by atoms with Crippen molar-refractivity contribution in [1.29, 1.82) is 0 Å². The number of nitrogens with zero attached hydrogens (tertiary/aromatic N) is 2. The minimum absolute atomic E-state index is 0.0367. The van der Waals surface area contributed by atoms with Crippen molar-refractivity contribution in [1.82, 2.24) is 9.80 Å². The van der Waals surface area contributed by atoms with E-state index in [9.17, 15) is 19.2 Å². The van der Waals surface area contributed by atoms with Crippen LogP contribution in [0.25, 0.3) is 0 Å². The number of ketones is 2. The summed E-state index contributed by atoms with van der Waals surface area (Å²) in [4.78, 5) is 53.0. The number of Topliss-reactive ketones (excluding diaryl/α,β-unsaturated/α-hetero) is 2. The van der Waals surface area contributed by atoms with Crippen LogP contribution >= 0.6 is 0 Å². The van der Waals surface area contributed by atoms with E-state index in [2.05, 4.69) is 0 Å². The zero-order valence-corrected chi connectivity index (χ0v) is 18.8. The molecule has 2 amide bonds. The van der Waals surface area contributed by atoms with Gasteiger partial charge in [-0.1, -0.05) is 59.7 Å². The van der Waals surface area contributed by atoms with E-state index in [4.69, 9.17) is 0 Å². The lowest BCUT2D eigenvalue weighted by Crippen LogP contribution is -2.50. The van der Waals surface area contributed by atoms with Gasteiger partial charge in [0, 0.05) is 63.0 Å². The molecule has 0 N–H and O–H groups in total. The molecule has 1 aliphatic heterocycles. The van der Waals surface area contributed by atoms with E-state index in [0.29, 0.717) is 37.3 Å². The molecule has 1 aliphatic rings. The average Bonchev–Trinajstić information content (AvgIpc) is 2.81. The second kappa shape index (κ2) is 10.8. The molecular weight excluding hydrogens is 404 g/mol. The lowest BCUT2D eigenvalue weighted by molar-refractivity contribution is -0.139. The highest BCUT2D eigenvalue weighted by molar-refractivity contribution is 5.98. The van der Waals surface area contributed by atoms with Crippen LogP contribution in [0.4, 0.5) is 0 Å². The highest BCUT2D eigenvalue weighted by Crippen LogP contribution is 2.13. The first kappa shape index (κ1) is 23.4. The van der Waals surface area contributed by atoms with Crippen molar-refractivity contribution in [3.63, 3.8) is 0 Å². The van der Waals surface area contributed by atoms with Gasteiger partial charge in [-0.2, -0.15) is 0 Å². The number of amides is 2. The minimum atomic E-state index is -0.0629. The van der Waals surface area contributed by atoms with Crippen LogP contribution in [-0.4, -0.2) is 59.4 Å². The van der Waals surface area contributed by atoms with Crippen molar-refractivity contribution >= 4 is 23.4 Å². The van der Waals surface area contributed by atoms with E-state index >= 15 is 0 Å². The van der Waals surface area contributed by atoms with Crippen LogP contribution in [0.3, 0.4) is 0 Å². The number of rotatable bonds is 8. The Bertz CT molecular complexity index is 890. The summed E-state index contributed by atoms with van der Waals surface area (Å²) in [6.45, 7) is 5.74. The molecule has 0 spiro atoms. The number of carbonyl (C=O) groups is 4. The Balaban J connectivity index is 1.39. The largest absolute Gasteiger partial charge is 0.339 e. The fourth-order valence-corrected chi connectivity index (χ4v) is 3.73. The van der Waals surface area contributed by atoms with Gasteiger partial charge in [-0.05, 0) is 13.8 Å². The third kappa shape index (κ3) is 6.36. The molecule has 3 rings (SSSR count). The third-order valence-corrected chi connectivity index (χ3v) is 5.86. The molecule has 1 fully saturated rings. The van der Waals surface area contributed by atoms with E-state index < -0.39 is 0 Å². The predicted molar refractivity (Wildman–Crippen MR) is 123 cm³/mol. The summed E-state index contributed by atoms with van der Waals surface area (Å²) in [5.74, 6) is -0.199. The molecular formula is C26H30N2O4. The molecule has 0 atom stereocenters. The summed E-state index contributed by atoms with van der Waals surface area (Å²) < 4.78 is 0. The van der Waals surface area contributed by atoms with Crippen LogP contribution in [-0.2, 0) is 9.59 Å². The van der Waals surface area contributed by atoms with Gasteiger partial charge < -0.3 is 9.80 Å². The maximum absolute atomic E-state index is 12.5. The first-order valence-electron chi connectivity index (χ1n) is 11.1. The Hall–Kier alpha value is -3.28. The van der Waals surface area contributed by atoms with Crippen molar-refractivity contribution < 1.29 is 19.2 Å². The standard InChI is InChI=1S/C26H30N2O4/c1-19-3-7-21(8-4-19)23(29)11-13-25(31)27-15-17-28(18-16-27)26(32)14-12-24(30)22-9-5-20(2)6-10-22/h3-10H,11-18H2,1-2H3. The van der Waals surface area contributed by atoms with Gasteiger partial charge in [0.2, 0.25) is 11.8 Å². The molecule has 6 heteroatoms. The van der Waals surface area contributed by atoms with Crippen LogP contribution in [0.1, 0.15) is 57.5 Å². The Morgan fingerprint density at radius 2 is 0.875 bits per heavy atom. The summed E-state index contributed by atoms with van der Waals surface area (Å²) in [5.41, 5.74) is 3.42. The first-order valence-corrected chi connectivity index (χ1v) is 11.1. The van der Waals surface area contributed by atoms with Crippen LogP contribution in [0.15, 0.2) is 48.5 Å². The fourth-order valence-electron chi connectivity index (χ4n) is 3.73. The van der Waals surface area contributed by atoms with E-state index in [-0.39, 0.29) is 49.1 Å². The third-order valence-electron chi connectivity index (χ3n) is 5.86. The van der Waals surface area contributed by atoms with Crippen molar-refractivity contribution in [3.05, 3.63) is 70.8 Å². The second-order valence-electron chi connectivity index (χ2n) is 8.34. The fraction of sp³-hybridized carbons (Fsp3) is 0.385. The zero-order chi connectivity index (χ0) is 23.1. The molecule has 2 aromatic rings. The normalized spacial score (nSPS) is 13.7. The molecule has 0 bridgehead atoms. The molecule has 0 aromatic heterocycles. The number of benzene rings is 2.